The lowest BCUT2D eigenvalue weighted by Crippen LogP contribution is -2.41. The molecule has 3 nitrogen and oxygen atoms in total. The van der Waals surface area contributed by atoms with E-state index in [-0.39, 0.29) is 11.5 Å². The summed E-state index contributed by atoms with van der Waals surface area (Å²) in [6.45, 7) is 4.94. The second-order valence-electron chi connectivity index (χ2n) is 3.50. The summed E-state index contributed by atoms with van der Waals surface area (Å²) in [4.78, 5) is 0. The highest BCUT2D eigenvalue weighted by atomic mass is 127. The van der Waals surface area contributed by atoms with Crippen LogP contribution in [-0.2, 0) is 4.74 Å². The fraction of sp³-hybridized carbons (Fsp3) is 1.00. The van der Waals surface area contributed by atoms with E-state index in [1.54, 1.807) is 7.11 Å². The molecular weight excluding hydrogens is 255 g/mol. The van der Waals surface area contributed by atoms with Crippen molar-refractivity contribution < 1.29 is 4.74 Å². The normalized spacial score (nSPS) is 39.8. The topological polar surface area (TPSA) is 38.5 Å². The Labute approximate surface area is 81.8 Å². The van der Waals surface area contributed by atoms with Crippen molar-refractivity contribution in [3.63, 3.8) is 0 Å². The average Bonchev–Trinajstić information content (AvgIpc) is 2.08. The second kappa shape index (κ2) is 3.55. The molecule has 0 aromatic rings. The van der Waals surface area contributed by atoms with Gasteiger partial charge in [0.05, 0.1) is 6.61 Å². The van der Waals surface area contributed by atoms with Crippen molar-refractivity contribution in [2.75, 3.05) is 26.8 Å². The predicted octanol–water partition coefficient (Wildman–Crippen LogP) is 0.632. The van der Waals surface area contributed by atoms with Crippen LogP contribution in [0.2, 0.25) is 0 Å². The zero-order valence-corrected chi connectivity index (χ0v) is 9.17. The van der Waals surface area contributed by atoms with Gasteiger partial charge in [-0.1, -0.05) is 6.92 Å². The van der Waals surface area contributed by atoms with Gasteiger partial charge in [0.2, 0.25) is 0 Å². The van der Waals surface area contributed by atoms with Gasteiger partial charge in [0.25, 0.3) is 0 Å². The third-order valence-corrected chi connectivity index (χ3v) is 3.03. The summed E-state index contributed by atoms with van der Waals surface area (Å²) in [7, 11) is 1.73. The Balaban J connectivity index is 2.55. The molecule has 66 valence electrons. The van der Waals surface area contributed by atoms with Gasteiger partial charge in [0.15, 0.2) is 0 Å². The number of rotatable bonds is 2. The van der Waals surface area contributed by atoms with Crippen molar-refractivity contribution >= 4 is 22.9 Å². The van der Waals surface area contributed by atoms with Crippen LogP contribution < -0.4 is 5.73 Å². The highest BCUT2D eigenvalue weighted by Crippen LogP contribution is 2.30. The molecule has 0 radical (unpaired) electrons. The standard InChI is InChI=1S/C7H15IN2O/c1-7(5-11-2)4-10(8)3-6(7)9/h6H,3-5,9H2,1-2H3. The minimum absolute atomic E-state index is 0.149. The van der Waals surface area contributed by atoms with E-state index in [4.69, 9.17) is 10.5 Å². The molecule has 0 amide bonds. The molecule has 2 N–H and O–H groups in total. The lowest BCUT2D eigenvalue weighted by molar-refractivity contribution is 0.0932. The maximum absolute atomic E-state index is 5.96. The highest BCUT2D eigenvalue weighted by molar-refractivity contribution is 14.1. The summed E-state index contributed by atoms with van der Waals surface area (Å²) >= 11 is 2.31. The molecule has 0 saturated carbocycles. The largest absolute Gasteiger partial charge is 0.384 e. The average molecular weight is 270 g/mol. The molecule has 4 heteroatoms. The van der Waals surface area contributed by atoms with Gasteiger partial charge in [0, 0.05) is 54.5 Å². The van der Waals surface area contributed by atoms with Crippen molar-refractivity contribution in [1.29, 1.82) is 0 Å². The van der Waals surface area contributed by atoms with E-state index in [9.17, 15) is 0 Å². The number of ether oxygens (including phenoxy) is 1. The number of nitrogens with two attached hydrogens (primary N) is 1. The Morgan fingerprint density at radius 2 is 2.45 bits per heavy atom. The lowest BCUT2D eigenvalue weighted by Gasteiger charge is -2.26. The van der Waals surface area contributed by atoms with E-state index in [1.165, 1.54) is 0 Å². The van der Waals surface area contributed by atoms with Crippen LogP contribution in [0.25, 0.3) is 0 Å². The van der Waals surface area contributed by atoms with Crippen molar-refractivity contribution in [1.82, 2.24) is 3.11 Å². The van der Waals surface area contributed by atoms with Gasteiger partial charge in [-0.2, -0.15) is 0 Å². The minimum Gasteiger partial charge on any atom is -0.384 e. The zero-order chi connectivity index (χ0) is 8.48. The Morgan fingerprint density at radius 3 is 2.82 bits per heavy atom. The molecule has 1 heterocycles. The molecule has 1 aliphatic heterocycles. The minimum atomic E-state index is 0.149. The van der Waals surface area contributed by atoms with Crippen LogP contribution in [0, 0.1) is 5.41 Å². The first-order valence-electron chi connectivity index (χ1n) is 3.74. The molecule has 0 bridgehead atoms. The Bertz CT molecular complexity index is 144. The van der Waals surface area contributed by atoms with Gasteiger partial charge < -0.3 is 10.5 Å². The van der Waals surface area contributed by atoms with Crippen LogP contribution in [0.4, 0.5) is 0 Å². The van der Waals surface area contributed by atoms with Crippen molar-refractivity contribution in [2.45, 2.75) is 13.0 Å². The van der Waals surface area contributed by atoms with Crippen molar-refractivity contribution in [2.24, 2.45) is 11.1 Å². The van der Waals surface area contributed by atoms with Gasteiger partial charge in [-0.25, -0.2) is 3.11 Å². The maximum Gasteiger partial charge on any atom is 0.0543 e. The summed E-state index contributed by atoms with van der Waals surface area (Å²) in [5.74, 6) is 0. The van der Waals surface area contributed by atoms with Gasteiger partial charge in [-0.05, 0) is 0 Å². The van der Waals surface area contributed by atoms with Crippen molar-refractivity contribution in [3.05, 3.63) is 0 Å². The van der Waals surface area contributed by atoms with E-state index >= 15 is 0 Å². The number of methoxy groups -OCH3 is 1. The first kappa shape index (κ1) is 9.70. The van der Waals surface area contributed by atoms with Gasteiger partial charge >= 0.3 is 0 Å². The summed E-state index contributed by atoms with van der Waals surface area (Å²) in [6.07, 6.45) is 0. The first-order valence-corrected chi connectivity index (χ1v) is 4.70. The summed E-state index contributed by atoms with van der Waals surface area (Å²) < 4.78 is 7.36. The number of hydrogen-bond acceptors (Lipinski definition) is 3. The monoisotopic (exact) mass is 270 g/mol. The van der Waals surface area contributed by atoms with Crippen LogP contribution >= 0.6 is 22.9 Å². The number of halogens is 1. The fourth-order valence-corrected chi connectivity index (χ4v) is 2.69. The molecule has 0 aromatic heterocycles. The van der Waals surface area contributed by atoms with Crippen LogP contribution in [0.5, 0.6) is 0 Å². The molecule has 0 aromatic carbocycles. The number of nitrogens with zero attached hydrogens (tertiary/aromatic N) is 1. The number of hydrogen-bond donors (Lipinski definition) is 1. The molecule has 1 saturated heterocycles. The molecule has 1 fully saturated rings. The van der Waals surface area contributed by atoms with Crippen molar-refractivity contribution in [3.8, 4) is 0 Å². The third kappa shape index (κ3) is 2.05. The first-order chi connectivity index (χ1) is 5.08. The van der Waals surface area contributed by atoms with E-state index in [0.29, 0.717) is 0 Å². The summed E-state index contributed by atoms with van der Waals surface area (Å²) in [5, 5.41) is 0. The summed E-state index contributed by atoms with van der Waals surface area (Å²) in [6, 6.07) is 0.249. The highest BCUT2D eigenvalue weighted by Gasteiger charge is 2.40. The predicted molar refractivity (Wildman–Crippen MR) is 53.6 cm³/mol. The maximum atomic E-state index is 5.96. The molecular formula is C7H15IN2O. The second-order valence-corrected chi connectivity index (χ2v) is 4.86. The van der Waals surface area contributed by atoms with E-state index in [2.05, 4.69) is 32.9 Å². The van der Waals surface area contributed by atoms with Gasteiger partial charge in [0.1, 0.15) is 0 Å². The molecule has 11 heavy (non-hydrogen) atoms. The van der Waals surface area contributed by atoms with E-state index in [0.717, 1.165) is 19.7 Å². The zero-order valence-electron chi connectivity index (χ0n) is 7.01. The smallest absolute Gasteiger partial charge is 0.0543 e. The molecule has 2 atom stereocenters. The van der Waals surface area contributed by atoms with Gasteiger partial charge in [-0.3, -0.25) is 0 Å². The molecule has 0 spiro atoms. The Hall–Kier alpha value is 0.610. The molecule has 0 aliphatic carbocycles. The molecule has 1 rings (SSSR count). The fourth-order valence-electron chi connectivity index (χ4n) is 1.49. The van der Waals surface area contributed by atoms with E-state index in [1.807, 2.05) is 0 Å². The lowest BCUT2D eigenvalue weighted by atomic mass is 9.87. The summed E-state index contributed by atoms with van der Waals surface area (Å²) in [5.41, 5.74) is 6.11. The quantitative estimate of drug-likeness (QED) is 0.591. The Kier molecular flexibility index (Phi) is 3.13. The third-order valence-electron chi connectivity index (χ3n) is 2.30. The van der Waals surface area contributed by atoms with Crippen LogP contribution in [-0.4, -0.2) is 36.0 Å². The molecule has 1 aliphatic rings. The van der Waals surface area contributed by atoms with Crippen LogP contribution in [0.15, 0.2) is 0 Å². The molecule has 2 unspecified atom stereocenters. The SMILES string of the molecule is COCC1(C)CN(I)CC1N. The van der Waals surface area contributed by atoms with E-state index < -0.39 is 0 Å². The van der Waals surface area contributed by atoms with Gasteiger partial charge in [-0.15, -0.1) is 0 Å². The van der Waals surface area contributed by atoms with Crippen LogP contribution in [0.3, 0.4) is 0 Å². The van der Waals surface area contributed by atoms with Crippen LogP contribution in [0.1, 0.15) is 6.92 Å². The Morgan fingerprint density at radius 1 is 1.82 bits per heavy atom.